The summed E-state index contributed by atoms with van der Waals surface area (Å²) in [4.78, 5) is 27.0. The van der Waals surface area contributed by atoms with Crippen LogP contribution >= 0.6 is 0 Å². The van der Waals surface area contributed by atoms with E-state index in [-0.39, 0.29) is 11.8 Å². The first-order valence-corrected chi connectivity index (χ1v) is 10.4. The molecule has 2 aromatic rings. The molecule has 160 valence electrons. The molecule has 1 unspecified atom stereocenters. The second kappa shape index (κ2) is 9.17. The number of amides is 1. The molecule has 1 amide bonds. The van der Waals surface area contributed by atoms with Crippen LogP contribution in [0.25, 0.3) is 11.0 Å². The molecule has 1 saturated heterocycles. The quantitative estimate of drug-likeness (QED) is 0.642. The van der Waals surface area contributed by atoms with Gasteiger partial charge in [0.2, 0.25) is 11.9 Å². The van der Waals surface area contributed by atoms with E-state index in [2.05, 4.69) is 32.5 Å². The van der Waals surface area contributed by atoms with Crippen molar-refractivity contribution in [3.63, 3.8) is 0 Å². The number of allylic oxidation sites excluding steroid dienone is 2. The number of carbonyl (C=O) groups excluding carboxylic acids is 1. The molecule has 3 heterocycles. The van der Waals surface area contributed by atoms with Gasteiger partial charge >= 0.3 is 0 Å². The van der Waals surface area contributed by atoms with Crippen molar-refractivity contribution >= 4 is 28.7 Å². The smallest absolute Gasteiger partial charge is 0.231 e. The van der Waals surface area contributed by atoms with Crippen molar-refractivity contribution < 1.29 is 14.3 Å². The number of nitrogens with one attached hydrogen (secondary N) is 3. The molecule has 3 N–H and O–H groups in total. The van der Waals surface area contributed by atoms with E-state index in [4.69, 9.17) is 9.47 Å². The zero-order valence-electron chi connectivity index (χ0n) is 17.4. The molecular weight excluding hydrogens is 384 g/mol. The largest absolute Gasteiger partial charge is 0.499 e. The number of hydrogen-bond acceptors (Lipinski definition) is 7. The number of rotatable bonds is 7. The number of morpholine rings is 1. The number of aromatic nitrogens is 3. The molecule has 9 nitrogen and oxygen atoms in total. The van der Waals surface area contributed by atoms with Gasteiger partial charge in [0.05, 0.1) is 37.3 Å². The maximum Gasteiger partial charge on any atom is 0.231 e. The number of fused-ring (bicyclic) bond motifs is 1. The molecule has 2 aliphatic rings. The van der Waals surface area contributed by atoms with Gasteiger partial charge in [-0.05, 0) is 18.6 Å². The summed E-state index contributed by atoms with van der Waals surface area (Å²) in [6, 6.07) is 1.96. The minimum Gasteiger partial charge on any atom is -0.499 e. The predicted molar refractivity (Wildman–Crippen MR) is 115 cm³/mol. The van der Waals surface area contributed by atoms with Gasteiger partial charge in [-0.15, -0.1) is 0 Å². The lowest BCUT2D eigenvalue weighted by atomic mass is 9.96. The number of anilines is 2. The first-order valence-electron chi connectivity index (χ1n) is 10.4. The van der Waals surface area contributed by atoms with Gasteiger partial charge in [-0.1, -0.05) is 13.0 Å². The Hall–Kier alpha value is -3.07. The number of ether oxygens (including phenoxy) is 2. The normalized spacial score (nSPS) is 19.3. The van der Waals surface area contributed by atoms with Gasteiger partial charge < -0.3 is 30.0 Å². The van der Waals surface area contributed by atoms with Crippen LogP contribution in [0.15, 0.2) is 35.9 Å². The highest BCUT2D eigenvalue weighted by atomic mass is 16.5. The minimum atomic E-state index is -0.239. The lowest BCUT2D eigenvalue weighted by Crippen LogP contribution is -2.43. The third kappa shape index (κ3) is 4.25. The summed E-state index contributed by atoms with van der Waals surface area (Å²) >= 11 is 0. The van der Waals surface area contributed by atoms with Gasteiger partial charge in [-0.25, -0.2) is 0 Å². The fourth-order valence-corrected chi connectivity index (χ4v) is 3.67. The van der Waals surface area contributed by atoms with Crippen LogP contribution in [-0.2, 0) is 14.3 Å². The number of H-pyrrole nitrogens is 1. The van der Waals surface area contributed by atoms with Crippen LogP contribution in [-0.4, -0.2) is 65.7 Å². The van der Waals surface area contributed by atoms with E-state index in [1.54, 1.807) is 7.11 Å². The van der Waals surface area contributed by atoms with E-state index < -0.39 is 0 Å². The Morgan fingerprint density at radius 3 is 2.97 bits per heavy atom. The van der Waals surface area contributed by atoms with Gasteiger partial charge in [-0.3, -0.25) is 4.79 Å². The summed E-state index contributed by atoms with van der Waals surface area (Å²) in [6.45, 7) is 5.40. The predicted octanol–water partition coefficient (Wildman–Crippen LogP) is 2.48. The average Bonchev–Trinajstić information content (AvgIpc) is 3.26. The van der Waals surface area contributed by atoms with Crippen molar-refractivity contribution in [2.45, 2.75) is 19.8 Å². The number of carbonyl (C=O) groups is 1. The van der Waals surface area contributed by atoms with Crippen molar-refractivity contribution in [2.75, 3.05) is 50.6 Å². The first-order chi connectivity index (χ1) is 14.7. The van der Waals surface area contributed by atoms with Crippen LogP contribution in [0.3, 0.4) is 0 Å². The molecule has 4 rings (SSSR count). The standard InChI is InChI=1S/C21H28N6O3/c1-3-7-22-18-15-6-8-23-19(15)26-21(25-18)24-16-5-4-14(13-17(16)29-2)20(28)27-9-11-30-12-10-27/h4-6,8,14H,3,7,9-13H2,1-2H3,(H3,22,23,24,25,26). The molecule has 1 atom stereocenters. The maximum atomic E-state index is 12.8. The van der Waals surface area contributed by atoms with Crippen LogP contribution in [0.4, 0.5) is 11.8 Å². The molecule has 1 aliphatic carbocycles. The zero-order chi connectivity index (χ0) is 20.9. The Balaban J connectivity index is 1.52. The average molecular weight is 412 g/mol. The Morgan fingerprint density at radius 2 is 2.20 bits per heavy atom. The number of nitrogens with zero attached hydrogens (tertiary/aromatic N) is 3. The Bertz CT molecular complexity index is 961. The second-order valence-electron chi connectivity index (χ2n) is 7.34. The highest BCUT2D eigenvalue weighted by Gasteiger charge is 2.28. The van der Waals surface area contributed by atoms with E-state index in [9.17, 15) is 4.79 Å². The summed E-state index contributed by atoms with van der Waals surface area (Å²) in [5, 5.41) is 7.56. The lowest BCUT2D eigenvalue weighted by molar-refractivity contribution is -0.138. The van der Waals surface area contributed by atoms with Crippen molar-refractivity contribution in [1.82, 2.24) is 19.9 Å². The number of hydrogen-bond donors (Lipinski definition) is 3. The van der Waals surface area contributed by atoms with Gasteiger partial charge in [0.25, 0.3) is 0 Å². The van der Waals surface area contributed by atoms with E-state index >= 15 is 0 Å². The lowest BCUT2D eigenvalue weighted by Gasteiger charge is -2.31. The van der Waals surface area contributed by atoms with Gasteiger partial charge in [0.15, 0.2) is 0 Å². The molecule has 0 spiro atoms. The fourth-order valence-electron chi connectivity index (χ4n) is 3.67. The third-order valence-electron chi connectivity index (χ3n) is 5.29. The molecule has 1 aliphatic heterocycles. The van der Waals surface area contributed by atoms with E-state index in [1.165, 1.54) is 0 Å². The second-order valence-corrected chi connectivity index (χ2v) is 7.34. The fraction of sp³-hybridized carbons (Fsp3) is 0.476. The van der Waals surface area contributed by atoms with Gasteiger partial charge in [0, 0.05) is 32.3 Å². The maximum absolute atomic E-state index is 12.8. The first kappa shape index (κ1) is 20.2. The summed E-state index contributed by atoms with van der Waals surface area (Å²) in [5.41, 5.74) is 1.52. The molecular formula is C21H28N6O3. The van der Waals surface area contributed by atoms with Crippen LogP contribution in [0, 0.1) is 5.92 Å². The number of methoxy groups -OCH3 is 1. The Labute approximate surface area is 175 Å². The summed E-state index contributed by atoms with van der Waals surface area (Å²) < 4.78 is 10.9. The Morgan fingerprint density at radius 1 is 1.37 bits per heavy atom. The highest BCUT2D eigenvalue weighted by Crippen LogP contribution is 2.28. The minimum absolute atomic E-state index is 0.109. The molecule has 0 saturated carbocycles. The zero-order valence-corrected chi connectivity index (χ0v) is 17.4. The van der Waals surface area contributed by atoms with Crippen molar-refractivity contribution in [3.8, 4) is 0 Å². The van der Waals surface area contributed by atoms with E-state index in [0.29, 0.717) is 44.4 Å². The van der Waals surface area contributed by atoms with Gasteiger partial charge in [-0.2, -0.15) is 9.97 Å². The third-order valence-corrected chi connectivity index (χ3v) is 5.29. The number of aromatic amines is 1. The van der Waals surface area contributed by atoms with E-state index in [0.717, 1.165) is 35.5 Å². The molecule has 2 aromatic heterocycles. The van der Waals surface area contributed by atoms with Gasteiger partial charge in [0.1, 0.15) is 17.2 Å². The summed E-state index contributed by atoms with van der Waals surface area (Å²) in [7, 11) is 1.62. The van der Waals surface area contributed by atoms with Crippen LogP contribution in [0.1, 0.15) is 19.8 Å². The topological polar surface area (TPSA) is 104 Å². The molecule has 0 aromatic carbocycles. The molecule has 9 heteroatoms. The van der Waals surface area contributed by atoms with Crippen LogP contribution < -0.4 is 10.6 Å². The molecule has 0 radical (unpaired) electrons. The summed E-state index contributed by atoms with van der Waals surface area (Å²) in [5.74, 6) is 1.83. The van der Waals surface area contributed by atoms with E-state index in [1.807, 2.05) is 29.3 Å². The Kier molecular flexibility index (Phi) is 6.18. The van der Waals surface area contributed by atoms with Crippen molar-refractivity contribution in [3.05, 3.63) is 35.9 Å². The SMILES string of the molecule is CCCNc1nc(NC2=C(OC)CC(C(=O)N3CCOCC3)C=C2)nc2[nH]ccc12. The molecule has 0 bridgehead atoms. The van der Waals surface area contributed by atoms with Crippen LogP contribution in [0.2, 0.25) is 0 Å². The van der Waals surface area contributed by atoms with Crippen molar-refractivity contribution in [1.29, 1.82) is 0 Å². The monoisotopic (exact) mass is 412 g/mol. The van der Waals surface area contributed by atoms with Crippen LogP contribution in [0.5, 0.6) is 0 Å². The summed E-state index contributed by atoms with van der Waals surface area (Å²) in [6.07, 6.45) is 7.15. The highest BCUT2D eigenvalue weighted by molar-refractivity contribution is 5.88. The molecule has 1 fully saturated rings. The molecule has 30 heavy (non-hydrogen) atoms. The van der Waals surface area contributed by atoms with Crippen molar-refractivity contribution in [2.24, 2.45) is 5.92 Å².